The minimum Gasteiger partial charge on any atom is -0.478 e. The highest BCUT2D eigenvalue weighted by atomic mass is 16.4. The zero-order valence-corrected chi connectivity index (χ0v) is 10.7. The van der Waals surface area contributed by atoms with Gasteiger partial charge < -0.3 is 5.11 Å². The first kappa shape index (κ1) is 13.0. The number of carboxylic acid groups (broad SMARTS) is 1. The predicted molar refractivity (Wildman–Crippen MR) is 68.7 cm³/mol. The van der Waals surface area contributed by atoms with Crippen molar-refractivity contribution in [1.29, 1.82) is 0 Å². The minimum atomic E-state index is -1.15. The number of pyridine rings is 1. The molecule has 0 atom stereocenters. The molecule has 0 unspecified atom stereocenters. The van der Waals surface area contributed by atoms with Crippen molar-refractivity contribution in [2.45, 2.75) is 19.8 Å². The maximum absolute atomic E-state index is 12.0. The molecule has 0 bridgehead atoms. The fourth-order valence-electron chi connectivity index (χ4n) is 2.10. The van der Waals surface area contributed by atoms with Crippen molar-refractivity contribution in [1.82, 2.24) is 14.5 Å². The molecule has 100 valence electrons. The number of hydrogen-bond acceptors (Lipinski definition) is 4. The molecule has 0 amide bonds. The van der Waals surface area contributed by atoms with E-state index in [0.717, 1.165) is 0 Å². The van der Waals surface area contributed by atoms with Crippen LogP contribution < -0.4 is 11.2 Å². The lowest BCUT2D eigenvalue weighted by Gasteiger charge is -2.13. The molecule has 0 aromatic carbocycles. The Morgan fingerprint density at radius 3 is 2.58 bits per heavy atom. The van der Waals surface area contributed by atoms with Crippen molar-refractivity contribution in [3.8, 4) is 0 Å². The first-order valence-corrected chi connectivity index (χ1v) is 5.69. The molecule has 2 heterocycles. The van der Waals surface area contributed by atoms with Crippen LogP contribution in [0.4, 0.5) is 0 Å². The molecule has 2 aromatic rings. The van der Waals surface area contributed by atoms with E-state index in [-0.39, 0.29) is 22.5 Å². The van der Waals surface area contributed by atoms with Crippen LogP contribution in [0.2, 0.25) is 0 Å². The van der Waals surface area contributed by atoms with Gasteiger partial charge in [-0.3, -0.25) is 14.3 Å². The van der Waals surface area contributed by atoms with Gasteiger partial charge in [0.2, 0.25) is 0 Å². The normalized spacial score (nSPS) is 11.2. The lowest BCUT2D eigenvalue weighted by molar-refractivity contribution is 0.0695. The van der Waals surface area contributed by atoms with Gasteiger partial charge in [-0.15, -0.1) is 0 Å². The third kappa shape index (κ3) is 1.92. The fourth-order valence-corrected chi connectivity index (χ4v) is 2.10. The molecule has 2 N–H and O–H groups in total. The largest absolute Gasteiger partial charge is 0.478 e. The lowest BCUT2D eigenvalue weighted by Crippen LogP contribution is -2.30. The van der Waals surface area contributed by atoms with Gasteiger partial charge in [0, 0.05) is 13.2 Å². The number of carbonyl (C=O) groups is 1. The van der Waals surface area contributed by atoms with Gasteiger partial charge in [-0.1, -0.05) is 13.8 Å². The number of nitrogens with zero attached hydrogens (tertiary/aromatic N) is 2. The van der Waals surface area contributed by atoms with Gasteiger partial charge >= 0.3 is 11.7 Å². The third-order valence-corrected chi connectivity index (χ3v) is 2.98. The number of hydrogen-bond donors (Lipinski definition) is 2. The van der Waals surface area contributed by atoms with Gasteiger partial charge in [0.25, 0.3) is 5.56 Å². The monoisotopic (exact) mass is 263 g/mol. The molecule has 0 aliphatic carbocycles. The Labute approximate surface area is 107 Å². The Kier molecular flexibility index (Phi) is 2.97. The van der Waals surface area contributed by atoms with E-state index < -0.39 is 17.2 Å². The van der Waals surface area contributed by atoms with Crippen molar-refractivity contribution >= 4 is 17.0 Å². The molecule has 2 aromatic heterocycles. The van der Waals surface area contributed by atoms with Crippen LogP contribution in [0, 0.1) is 0 Å². The first-order valence-electron chi connectivity index (χ1n) is 5.69. The number of rotatable bonds is 2. The Hall–Kier alpha value is -2.44. The zero-order chi connectivity index (χ0) is 14.3. The van der Waals surface area contributed by atoms with Crippen LogP contribution >= 0.6 is 0 Å². The summed E-state index contributed by atoms with van der Waals surface area (Å²) in [6.07, 6.45) is 1.18. The molecule has 0 aliphatic heterocycles. The highest BCUT2D eigenvalue weighted by Gasteiger charge is 2.20. The second-order valence-corrected chi connectivity index (χ2v) is 4.56. The number of H-pyrrole nitrogens is 1. The number of fused-ring (bicyclic) bond motifs is 1. The van der Waals surface area contributed by atoms with Gasteiger partial charge in [0.1, 0.15) is 5.65 Å². The predicted octanol–water partition coefficient (Wildman–Crippen LogP) is 0.443. The summed E-state index contributed by atoms with van der Waals surface area (Å²) in [4.78, 5) is 40.8. The zero-order valence-electron chi connectivity index (χ0n) is 10.7. The van der Waals surface area contributed by atoms with E-state index in [1.54, 1.807) is 13.8 Å². The number of carboxylic acids is 1. The average molecular weight is 263 g/mol. The molecule has 0 aliphatic rings. The second kappa shape index (κ2) is 4.34. The smallest absolute Gasteiger partial charge is 0.337 e. The second-order valence-electron chi connectivity index (χ2n) is 4.56. The summed E-state index contributed by atoms with van der Waals surface area (Å²) in [6, 6.07) is 0. The van der Waals surface area contributed by atoms with Crippen LogP contribution in [0.25, 0.3) is 11.0 Å². The molecular formula is C12H13N3O4. The first-order chi connectivity index (χ1) is 8.84. The highest BCUT2D eigenvalue weighted by Crippen LogP contribution is 2.24. The summed E-state index contributed by atoms with van der Waals surface area (Å²) >= 11 is 0. The van der Waals surface area contributed by atoms with Gasteiger partial charge in [-0.2, -0.15) is 0 Å². The summed E-state index contributed by atoms with van der Waals surface area (Å²) < 4.78 is 1.19. The van der Waals surface area contributed by atoms with Gasteiger partial charge in [-0.05, 0) is 11.5 Å². The Bertz CT molecular complexity index is 786. The van der Waals surface area contributed by atoms with Crippen molar-refractivity contribution in [2.75, 3.05) is 0 Å². The van der Waals surface area contributed by atoms with E-state index in [2.05, 4.69) is 9.97 Å². The van der Waals surface area contributed by atoms with E-state index in [1.165, 1.54) is 17.8 Å². The summed E-state index contributed by atoms with van der Waals surface area (Å²) in [7, 11) is 1.47. The summed E-state index contributed by atoms with van der Waals surface area (Å²) in [5.41, 5.74) is -0.649. The van der Waals surface area contributed by atoms with Crippen molar-refractivity contribution in [3.63, 3.8) is 0 Å². The number of aryl methyl sites for hydroxylation is 1. The Morgan fingerprint density at radius 2 is 2.05 bits per heavy atom. The highest BCUT2D eigenvalue weighted by molar-refractivity contribution is 5.95. The van der Waals surface area contributed by atoms with Crippen LogP contribution in [0.3, 0.4) is 0 Å². The van der Waals surface area contributed by atoms with Crippen molar-refractivity contribution < 1.29 is 9.90 Å². The molecule has 0 spiro atoms. The number of nitrogens with one attached hydrogen (secondary N) is 1. The van der Waals surface area contributed by atoms with Crippen LogP contribution in [-0.4, -0.2) is 25.6 Å². The third-order valence-electron chi connectivity index (χ3n) is 2.98. The summed E-state index contributed by atoms with van der Waals surface area (Å²) in [5.74, 6) is -1.33. The number of aromatic amines is 1. The summed E-state index contributed by atoms with van der Waals surface area (Å²) in [5, 5.41) is 9.32. The van der Waals surface area contributed by atoms with Crippen LogP contribution in [-0.2, 0) is 7.05 Å². The molecule has 0 saturated heterocycles. The Balaban J connectivity index is 3.11. The van der Waals surface area contributed by atoms with Crippen LogP contribution in [0.15, 0.2) is 15.8 Å². The Morgan fingerprint density at radius 1 is 1.42 bits per heavy atom. The maximum Gasteiger partial charge on any atom is 0.337 e. The minimum absolute atomic E-state index is 0.0216. The van der Waals surface area contributed by atoms with Crippen molar-refractivity contribution in [2.24, 2.45) is 7.05 Å². The molecule has 7 nitrogen and oxygen atoms in total. The topological polar surface area (TPSA) is 105 Å². The molecule has 0 saturated carbocycles. The molecule has 19 heavy (non-hydrogen) atoms. The lowest BCUT2D eigenvalue weighted by atomic mass is 9.96. The van der Waals surface area contributed by atoms with Gasteiger partial charge in [0.15, 0.2) is 0 Å². The number of aromatic nitrogens is 3. The SMILES string of the molecule is CC(C)c1c(C(=O)O)cnc2c1c(=O)[nH]c(=O)n2C. The summed E-state index contributed by atoms with van der Waals surface area (Å²) in [6.45, 7) is 3.57. The maximum atomic E-state index is 12.0. The molecular weight excluding hydrogens is 250 g/mol. The quantitative estimate of drug-likeness (QED) is 0.818. The molecule has 7 heteroatoms. The van der Waals surface area contributed by atoms with Crippen LogP contribution in [0.1, 0.15) is 35.7 Å². The van der Waals surface area contributed by atoms with Gasteiger partial charge in [-0.25, -0.2) is 14.6 Å². The fraction of sp³-hybridized carbons (Fsp3) is 0.333. The van der Waals surface area contributed by atoms with E-state index in [0.29, 0.717) is 5.56 Å². The van der Waals surface area contributed by atoms with Crippen molar-refractivity contribution in [3.05, 3.63) is 38.2 Å². The van der Waals surface area contributed by atoms with E-state index in [9.17, 15) is 14.4 Å². The van der Waals surface area contributed by atoms with E-state index in [4.69, 9.17) is 5.11 Å². The van der Waals surface area contributed by atoms with Gasteiger partial charge in [0.05, 0.1) is 10.9 Å². The molecule has 0 fully saturated rings. The molecule has 0 radical (unpaired) electrons. The standard InChI is InChI=1S/C12H13N3O4/c1-5(2)7-6(11(17)18)4-13-9-8(7)10(16)14-12(19)15(9)3/h4-5H,1-3H3,(H,17,18)(H,14,16,19). The average Bonchev–Trinajstić information content (AvgIpc) is 2.34. The number of aromatic carboxylic acids is 1. The van der Waals surface area contributed by atoms with E-state index in [1.807, 2.05) is 0 Å². The molecule has 2 rings (SSSR count). The van der Waals surface area contributed by atoms with E-state index >= 15 is 0 Å². The van der Waals surface area contributed by atoms with Crippen LogP contribution in [0.5, 0.6) is 0 Å².